The van der Waals surface area contributed by atoms with E-state index in [0.29, 0.717) is 12.0 Å². The van der Waals surface area contributed by atoms with Crippen LogP contribution in [-0.4, -0.2) is 17.0 Å². The van der Waals surface area contributed by atoms with Gasteiger partial charge < -0.3 is 5.32 Å². The van der Waals surface area contributed by atoms with Crippen LogP contribution >= 0.6 is 23.4 Å². The first-order chi connectivity index (χ1) is 8.06. The van der Waals surface area contributed by atoms with Crippen molar-refractivity contribution in [1.82, 2.24) is 0 Å². The molecule has 1 aliphatic heterocycles. The van der Waals surface area contributed by atoms with Gasteiger partial charge in [0.1, 0.15) is 0 Å². The van der Waals surface area contributed by atoms with Crippen LogP contribution in [0, 0.1) is 12.8 Å². The number of nitrogens with zero attached hydrogens (tertiary/aromatic N) is 1. The van der Waals surface area contributed by atoms with Crippen LogP contribution < -0.4 is 5.32 Å². The maximum Gasteiger partial charge on any atom is 0.161 e. The van der Waals surface area contributed by atoms with Crippen molar-refractivity contribution in [3.05, 3.63) is 28.8 Å². The molecule has 92 valence electrons. The molecular formula is C13H17ClN2S. The lowest BCUT2D eigenvalue weighted by Gasteiger charge is -2.08. The zero-order valence-electron chi connectivity index (χ0n) is 10.3. The Balaban J connectivity index is 2.09. The van der Waals surface area contributed by atoms with E-state index in [1.807, 2.05) is 25.1 Å². The highest BCUT2D eigenvalue weighted by atomic mass is 35.5. The largest absolute Gasteiger partial charge is 0.334 e. The summed E-state index contributed by atoms with van der Waals surface area (Å²) in [5, 5.41) is 5.03. The number of anilines is 1. The molecule has 17 heavy (non-hydrogen) atoms. The fourth-order valence-electron chi connectivity index (χ4n) is 1.64. The molecule has 0 saturated carbocycles. The fourth-order valence-corrected chi connectivity index (χ4v) is 3.10. The van der Waals surface area contributed by atoms with Crippen molar-refractivity contribution in [2.24, 2.45) is 10.9 Å². The highest BCUT2D eigenvalue weighted by Crippen LogP contribution is 2.28. The third-order valence-electron chi connectivity index (χ3n) is 2.81. The minimum atomic E-state index is 0.423. The predicted octanol–water partition coefficient (Wildman–Crippen LogP) is 4.19. The molecule has 0 saturated heterocycles. The van der Waals surface area contributed by atoms with Crippen molar-refractivity contribution < 1.29 is 0 Å². The number of aryl methyl sites for hydroxylation is 1. The van der Waals surface area contributed by atoms with Crippen LogP contribution in [0.25, 0.3) is 0 Å². The zero-order chi connectivity index (χ0) is 12.4. The molecule has 2 rings (SSSR count). The first kappa shape index (κ1) is 12.8. The van der Waals surface area contributed by atoms with Gasteiger partial charge in [0.15, 0.2) is 5.17 Å². The van der Waals surface area contributed by atoms with E-state index in [1.165, 1.54) is 5.56 Å². The Labute approximate surface area is 112 Å². The highest BCUT2D eigenvalue weighted by Gasteiger charge is 2.21. The van der Waals surface area contributed by atoms with Gasteiger partial charge in [0.2, 0.25) is 0 Å². The summed E-state index contributed by atoms with van der Waals surface area (Å²) in [6.07, 6.45) is 0. The summed E-state index contributed by atoms with van der Waals surface area (Å²) in [4.78, 5) is 4.66. The van der Waals surface area contributed by atoms with Gasteiger partial charge in [0, 0.05) is 5.75 Å². The van der Waals surface area contributed by atoms with Crippen LogP contribution in [0.5, 0.6) is 0 Å². The van der Waals surface area contributed by atoms with Crippen LogP contribution in [0.1, 0.15) is 19.4 Å². The first-order valence-electron chi connectivity index (χ1n) is 5.80. The molecule has 0 bridgehead atoms. The molecule has 1 aromatic rings. The van der Waals surface area contributed by atoms with E-state index in [2.05, 4.69) is 24.2 Å². The lowest BCUT2D eigenvalue weighted by atomic mass is 10.1. The normalized spacial score (nSPS) is 19.6. The second kappa shape index (κ2) is 5.32. The van der Waals surface area contributed by atoms with Crippen LogP contribution in [-0.2, 0) is 0 Å². The summed E-state index contributed by atoms with van der Waals surface area (Å²) >= 11 is 7.95. The lowest BCUT2D eigenvalue weighted by Crippen LogP contribution is -2.12. The average Bonchev–Trinajstić information content (AvgIpc) is 2.71. The van der Waals surface area contributed by atoms with E-state index >= 15 is 0 Å². The second-order valence-electron chi connectivity index (χ2n) is 4.66. The van der Waals surface area contributed by atoms with Crippen molar-refractivity contribution in [3.63, 3.8) is 0 Å². The smallest absolute Gasteiger partial charge is 0.161 e. The van der Waals surface area contributed by atoms with Crippen LogP contribution in [0.2, 0.25) is 5.02 Å². The molecule has 0 spiro atoms. The van der Waals surface area contributed by atoms with Crippen LogP contribution in [0.3, 0.4) is 0 Å². The Morgan fingerprint density at radius 1 is 1.47 bits per heavy atom. The zero-order valence-corrected chi connectivity index (χ0v) is 11.9. The highest BCUT2D eigenvalue weighted by molar-refractivity contribution is 8.14. The Hall–Kier alpha value is -0.670. The molecule has 0 aromatic heterocycles. The number of aliphatic imine (C=N–C) groups is 1. The predicted molar refractivity (Wildman–Crippen MR) is 78.3 cm³/mol. The summed E-state index contributed by atoms with van der Waals surface area (Å²) < 4.78 is 0. The second-order valence-corrected chi connectivity index (χ2v) is 6.08. The minimum absolute atomic E-state index is 0.423. The lowest BCUT2D eigenvalue weighted by molar-refractivity contribution is 0.543. The molecule has 0 fully saturated rings. The van der Waals surface area contributed by atoms with Gasteiger partial charge in [0.05, 0.1) is 16.8 Å². The molecule has 0 amide bonds. The van der Waals surface area contributed by atoms with E-state index in [-0.39, 0.29) is 0 Å². The Kier molecular flexibility index (Phi) is 4.00. The maximum atomic E-state index is 6.18. The standard InChI is InChI=1S/C13H17ClN2S/c1-8(2)12-7-17-13(16-12)15-11-5-4-9(3)6-10(11)14/h4-6,8,12H,7H2,1-3H3,(H,15,16)/t12-/m1/s1. The summed E-state index contributed by atoms with van der Waals surface area (Å²) in [5.41, 5.74) is 2.11. The summed E-state index contributed by atoms with van der Waals surface area (Å²) in [5.74, 6) is 1.65. The number of hydrogen-bond acceptors (Lipinski definition) is 3. The third-order valence-corrected chi connectivity index (χ3v) is 4.11. The topological polar surface area (TPSA) is 24.4 Å². The van der Waals surface area contributed by atoms with Crippen molar-refractivity contribution in [2.75, 3.05) is 11.1 Å². The number of thioether (sulfide) groups is 1. The first-order valence-corrected chi connectivity index (χ1v) is 7.16. The number of nitrogens with one attached hydrogen (secondary N) is 1. The van der Waals surface area contributed by atoms with Gasteiger partial charge in [-0.2, -0.15) is 0 Å². The van der Waals surface area contributed by atoms with Crippen molar-refractivity contribution >= 4 is 34.2 Å². The van der Waals surface area contributed by atoms with Gasteiger partial charge in [-0.25, -0.2) is 0 Å². The van der Waals surface area contributed by atoms with Crippen molar-refractivity contribution in [2.45, 2.75) is 26.8 Å². The molecule has 1 N–H and O–H groups in total. The van der Waals surface area contributed by atoms with E-state index in [4.69, 9.17) is 11.6 Å². The number of rotatable bonds is 2. The summed E-state index contributed by atoms with van der Waals surface area (Å²) in [7, 11) is 0. The van der Waals surface area contributed by atoms with E-state index in [9.17, 15) is 0 Å². The van der Waals surface area contributed by atoms with Crippen LogP contribution in [0.4, 0.5) is 5.69 Å². The molecule has 2 nitrogen and oxygen atoms in total. The number of halogens is 1. The van der Waals surface area contributed by atoms with E-state index < -0.39 is 0 Å². The fraction of sp³-hybridized carbons (Fsp3) is 0.462. The Bertz CT molecular complexity index is 443. The molecule has 1 atom stereocenters. The molecular weight excluding hydrogens is 252 g/mol. The number of benzene rings is 1. The van der Waals surface area contributed by atoms with Gasteiger partial charge in [-0.3, -0.25) is 4.99 Å². The monoisotopic (exact) mass is 268 g/mol. The summed E-state index contributed by atoms with van der Waals surface area (Å²) in [6, 6.07) is 6.44. The van der Waals surface area contributed by atoms with Gasteiger partial charge in [-0.15, -0.1) is 0 Å². The minimum Gasteiger partial charge on any atom is -0.334 e. The Morgan fingerprint density at radius 2 is 2.24 bits per heavy atom. The van der Waals surface area contributed by atoms with E-state index in [0.717, 1.165) is 21.6 Å². The maximum absolute atomic E-state index is 6.18. The molecule has 0 aliphatic carbocycles. The molecule has 1 aromatic carbocycles. The molecule has 0 radical (unpaired) electrons. The number of hydrogen-bond donors (Lipinski definition) is 1. The van der Waals surface area contributed by atoms with Gasteiger partial charge >= 0.3 is 0 Å². The molecule has 4 heteroatoms. The van der Waals surface area contributed by atoms with E-state index in [1.54, 1.807) is 11.8 Å². The Morgan fingerprint density at radius 3 is 2.82 bits per heavy atom. The molecule has 0 unspecified atom stereocenters. The van der Waals surface area contributed by atoms with Gasteiger partial charge in [-0.1, -0.05) is 43.3 Å². The quantitative estimate of drug-likeness (QED) is 0.870. The van der Waals surface area contributed by atoms with Gasteiger partial charge in [0.25, 0.3) is 0 Å². The van der Waals surface area contributed by atoms with Crippen LogP contribution in [0.15, 0.2) is 23.2 Å². The SMILES string of the molecule is Cc1ccc(NC2=N[C@@H](C(C)C)CS2)c(Cl)c1. The molecule has 1 heterocycles. The number of amidine groups is 1. The molecule has 1 aliphatic rings. The van der Waals surface area contributed by atoms with Crippen molar-refractivity contribution in [3.8, 4) is 0 Å². The van der Waals surface area contributed by atoms with Crippen molar-refractivity contribution in [1.29, 1.82) is 0 Å². The summed E-state index contributed by atoms with van der Waals surface area (Å²) in [6.45, 7) is 6.44. The van der Waals surface area contributed by atoms with Gasteiger partial charge in [-0.05, 0) is 30.5 Å². The third kappa shape index (κ3) is 3.17. The average molecular weight is 269 g/mol.